The molecule has 0 aromatic carbocycles. The lowest BCUT2D eigenvalue weighted by molar-refractivity contribution is -0.139. The van der Waals surface area contributed by atoms with E-state index in [0.717, 1.165) is 25.7 Å². The van der Waals surface area contributed by atoms with E-state index in [-0.39, 0.29) is 53.9 Å². The number of rotatable bonds is 17. The number of aliphatic hydroxyl groups is 2. The average Bonchev–Trinajstić information content (AvgIpc) is 2.95. The molecule has 43 heavy (non-hydrogen) atoms. The maximum atomic E-state index is 13.8. The third-order valence-electron chi connectivity index (χ3n) is 8.77. The van der Waals surface area contributed by atoms with E-state index >= 15 is 0 Å². The molecule has 5 atom stereocenters. The molecule has 2 amide bonds. The highest BCUT2D eigenvalue weighted by Crippen LogP contribution is 2.35. The van der Waals surface area contributed by atoms with E-state index < -0.39 is 28.1 Å². The van der Waals surface area contributed by atoms with Gasteiger partial charge in [-0.1, -0.05) is 34.6 Å². The summed E-state index contributed by atoms with van der Waals surface area (Å²) in [5.74, 6) is 1.81. The van der Waals surface area contributed by atoms with Gasteiger partial charge in [0.15, 0.2) is 0 Å². The van der Waals surface area contributed by atoms with Crippen LogP contribution in [0.5, 0.6) is 0 Å². The fourth-order valence-electron chi connectivity index (χ4n) is 6.61. The summed E-state index contributed by atoms with van der Waals surface area (Å²) in [6.45, 7) is 11.3. The predicted molar refractivity (Wildman–Crippen MR) is 170 cm³/mol. The Morgan fingerprint density at radius 1 is 1.00 bits per heavy atom. The van der Waals surface area contributed by atoms with Crippen molar-refractivity contribution in [1.29, 1.82) is 0 Å². The van der Waals surface area contributed by atoms with Crippen LogP contribution in [0, 0.1) is 41.9 Å². The zero-order valence-electron chi connectivity index (χ0n) is 27.1. The zero-order valence-corrected chi connectivity index (χ0v) is 27.9. The predicted octanol–water partition coefficient (Wildman–Crippen LogP) is 2.90. The van der Waals surface area contributed by atoms with E-state index in [0.29, 0.717) is 58.2 Å². The van der Waals surface area contributed by atoms with Crippen LogP contribution in [0.25, 0.3) is 0 Å². The number of terminal acetylenes is 1. The van der Waals surface area contributed by atoms with Gasteiger partial charge in [-0.15, -0.1) is 17.2 Å². The molecule has 0 saturated heterocycles. The van der Waals surface area contributed by atoms with Crippen molar-refractivity contribution in [3.8, 4) is 12.3 Å². The van der Waals surface area contributed by atoms with Crippen molar-refractivity contribution in [2.45, 2.75) is 117 Å². The minimum atomic E-state index is -3.58. The summed E-state index contributed by atoms with van der Waals surface area (Å²) in [6, 6.07) is -0.617. The summed E-state index contributed by atoms with van der Waals surface area (Å²) in [6.07, 6.45) is 11.1. The van der Waals surface area contributed by atoms with Gasteiger partial charge in [-0.25, -0.2) is 13.4 Å². The first-order valence-electron chi connectivity index (χ1n) is 16.5. The SMILES string of the molecule is C#CC1CC(C(=O)NC(CC2CCC(O)CC2)C(O)CN(CC)NS(=O)(=O)CC(C)C)CC(C(=O)N(CCC)CCC)C1. The molecule has 0 radical (unpaired) electrons. The van der Waals surface area contributed by atoms with Gasteiger partial charge in [-0.2, -0.15) is 0 Å². The van der Waals surface area contributed by atoms with Gasteiger partial charge in [0.2, 0.25) is 21.8 Å². The van der Waals surface area contributed by atoms with Crippen LogP contribution in [-0.2, 0) is 19.6 Å². The Balaban J connectivity index is 2.20. The molecule has 0 aromatic heterocycles. The highest BCUT2D eigenvalue weighted by atomic mass is 32.2. The number of carbonyl (C=O) groups is 2. The quantitative estimate of drug-likeness (QED) is 0.144. The van der Waals surface area contributed by atoms with Crippen molar-refractivity contribution in [2.24, 2.45) is 29.6 Å². The summed E-state index contributed by atoms with van der Waals surface area (Å²) in [5.41, 5.74) is 0. The van der Waals surface area contributed by atoms with E-state index in [1.54, 1.807) is 6.92 Å². The maximum Gasteiger partial charge on any atom is 0.225 e. The fraction of sp³-hybridized carbons (Fsp3) is 0.875. The highest BCUT2D eigenvalue weighted by molar-refractivity contribution is 7.89. The van der Waals surface area contributed by atoms with E-state index in [1.807, 2.05) is 32.6 Å². The minimum Gasteiger partial charge on any atom is -0.393 e. The Morgan fingerprint density at radius 3 is 2.14 bits per heavy atom. The van der Waals surface area contributed by atoms with Crippen LogP contribution in [-0.4, -0.2) is 90.5 Å². The Kier molecular flexibility index (Phi) is 16.0. The van der Waals surface area contributed by atoms with Crippen molar-refractivity contribution in [1.82, 2.24) is 20.1 Å². The number of nitrogens with one attached hydrogen (secondary N) is 2. The van der Waals surface area contributed by atoms with Crippen molar-refractivity contribution < 1.29 is 28.2 Å². The molecule has 10 nitrogen and oxygen atoms in total. The van der Waals surface area contributed by atoms with Crippen LogP contribution in [0.1, 0.15) is 98.8 Å². The van der Waals surface area contributed by atoms with Gasteiger partial charge < -0.3 is 20.4 Å². The molecule has 4 N–H and O–H groups in total. The van der Waals surface area contributed by atoms with Gasteiger partial charge in [0.1, 0.15) is 0 Å². The standard InChI is InChI=1S/C32H58N4O6S/c1-7-15-35(16-8-2)32(40)27-18-24(9-3)17-26(20-27)31(39)33-29(19-25-11-13-28(37)14-12-25)30(38)21-36(10-4)34-43(41,42)22-23(5)6/h3,23-30,34,37-38H,7-8,10-22H2,1-2,4-6H3,(H,33,39). The zero-order chi connectivity index (χ0) is 32.2. The normalized spacial score (nSPS) is 26.1. The molecule has 2 saturated carbocycles. The molecular weight excluding hydrogens is 568 g/mol. The number of carbonyl (C=O) groups excluding carboxylic acids is 2. The lowest BCUT2D eigenvalue weighted by atomic mass is 9.74. The number of likely N-dealkylation sites (N-methyl/N-ethyl adjacent to an activating group) is 1. The molecule has 2 fully saturated rings. The second-order valence-corrected chi connectivity index (χ2v) is 14.9. The summed E-state index contributed by atoms with van der Waals surface area (Å²) in [4.78, 5) is 31.7. The number of aliphatic hydroxyl groups excluding tert-OH is 2. The summed E-state index contributed by atoms with van der Waals surface area (Å²) < 4.78 is 25.2. The summed E-state index contributed by atoms with van der Waals surface area (Å²) >= 11 is 0. The highest BCUT2D eigenvalue weighted by Gasteiger charge is 2.39. The number of hydrogen-bond acceptors (Lipinski definition) is 7. The average molecular weight is 627 g/mol. The first-order chi connectivity index (χ1) is 20.3. The third kappa shape index (κ3) is 12.7. The Bertz CT molecular complexity index is 1000. The van der Waals surface area contributed by atoms with Gasteiger partial charge >= 0.3 is 0 Å². The Hall–Kier alpha value is -1.71. The number of hydrogen-bond donors (Lipinski definition) is 4. The fourth-order valence-corrected chi connectivity index (χ4v) is 8.16. The molecule has 2 rings (SSSR count). The van der Waals surface area contributed by atoms with Gasteiger partial charge in [0, 0.05) is 43.9 Å². The minimum absolute atomic E-state index is 0.00979. The lowest BCUT2D eigenvalue weighted by Gasteiger charge is -2.37. The second kappa shape index (κ2) is 18.3. The summed E-state index contributed by atoms with van der Waals surface area (Å²) in [7, 11) is -3.58. The lowest BCUT2D eigenvalue weighted by Crippen LogP contribution is -2.54. The molecule has 11 heteroatoms. The van der Waals surface area contributed by atoms with E-state index in [2.05, 4.69) is 16.1 Å². The van der Waals surface area contributed by atoms with E-state index in [1.165, 1.54) is 5.01 Å². The van der Waals surface area contributed by atoms with Gasteiger partial charge in [-0.05, 0) is 76.0 Å². The molecule has 2 aliphatic rings. The van der Waals surface area contributed by atoms with Crippen LogP contribution in [0.3, 0.4) is 0 Å². The molecule has 0 bridgehead atoms. The van der Waals surface area contributed by atoms with E-state index in [4.69, 9.17) is 6.42 Å². The molecular formula is C32H58N4O6S. The first-order valence-corrected chi connectivity index (χ1v) is 18.1. The molecule has 5 unspecified atom stereocenters. The van der Waals surface area contributed by atoms with Gasteiger partial charge in [-0.3, -0.25) is 9.59 Å². The van der Waals surface area contributed by atoms with Crippen LogP contribution in [0.15, 0.2) is 0 Å². The van der Waals surface area contributed by atoms with Crippen LogP contribution in [0.4, 0.5) is 0 Å². The van der Waals surface area contributed by atoms with Crippen LogP contribution < -0.4 is 10.1 Å². The van der Waals surface area contributed by atoms with Crippen LogP contribution in [0.2, 0.25) is 0 Å². The largest absolute Gasteiger partial charge is 0.393 e. The van der Waals surface area contributed by atoms with Crippen molar-refractivity contribution in [3.05, 3.63) is 0 Å². The molecule has 2 aliphatic carbocycles. The van der Waals surface area contributed by atoms with Crippen LogP contribution >= 0.6 is 0 Å². The Morgan fingerprint density at radius 2 is 1.60 bits per heavy atom. The number of amides is 2. The molecule has 0 aromatic rings. The molecule has 0 spiro atoms. The third-order valence-corrected chi connectivity index (χ3v) is 10.4. The topological polar surface area (TPSA) is 139 Å². The molecule has 248 valence electrons. The maximum absolute atomic E-state index is 13.8. The smallest absolute Gasteiger partial charge is 0.225 e. The van der Waals surface area contributed by atoms with Gasteiger partial charge in [0.05, 0.1) is 24.0 Å². The van der Waals surface area contributed by atoms with E-state index in [9.17, 15) is 28.2 Å². The summed E-state index contributed by atoms with van der Waals surface area (Å²) in [5, 5.41) is 26.0. The Labute approximate surface area is 260 Å². The monoisotopic (exact) mass is 626 g/mol. The van der Waals surface area contributed by atoms with Crippen molar-refractivity contribution >= 4 is 21.8 Å². The number of nitrogens with zero attached hydrogens (tertiary/aromatic N) is 2. The van der Waals surface area contributed by atoms with Crippen molar-refractivity contribution in [2.75, 3.05) is 31.9 Å². The number of hydrazine groups is 1. The van der Waals surface area contributed by atoms with Crippen molar-refractivity contribution in [3.63, 3.8) is 0 Å². The first kappa shape index (κ1) is 37.5. The molecule has 0 aliphatic heterocycles. The van der Waals surface area contributed by atoms with Gasteiger partial charge in [0.25, 0.3) is 0 Å². The second-order valence-electron chi connectivity index (χ2n) is 13.2. The molecule has 0 heterocycles. The number of sulfonamides is 1.